The lowest BCUT2D eigenvalue weighted by Crippen LogP contribution is -1.89. The van der Waals surface area contributed by atoms with Gasteiger partial charge in [-0.3, -0.25) is 4.99 Å². The van der Waals surface area contributed by atoms with E-state index < -0.39 is 0 Å². The summed E-state index contributed by atoms with van der Waals surface area (Å²) >= 11 is 0. The minimum Gasteiger partial charge on any atom is -0.294 e. The highest BCUT2D eigenvalue weighted by atomic mass is 14.9. The molecule has 0 bridgehead atoms. The molecule has 0 radical (unpaired) electrons. The predicted octanol–water partition coefficient (Wildman–Crippen LogP) is 0.857. The molecule has 1 rings (SSSR count). The van der Waals surface area contributed by atoms with E-state index in [0.29, 0.717) is 11.5 Å². The van der Waals surface area contributed by atoms with Crippen molar-refractivity contribution < 1.29 is 0 Å². The number of hydrogen-bond acceptors (Lipinski definition) is 4. The summed E-state index contributed by atoms with van der Waals surface area (Å²) in [5.41, 5.74) is 0.644. The summed E-state index contributed by atoms with van der Waals surface area (Å²) in [4.78, 5) is 15.4. The average Bonchev–Trinajstić information content (AvgIpc) is 2.06. The number of hydrogen-bond donors (Lipinski definition) is 0. The van der Waals surface area contributed by atoms with Crippen LogP contribution in [0.2, 0.25) is 0 Å². The van der Waals surface area contributed by atoms with Crippen LogP contribution in [-0.4, -0.2) is 29.9 Å². The lowest BCUT2D eigenvalue weighted by molar-refractivity contribution is 1.16. The molecule has 1 aromatic rings. The molecule has 0 atom stereocenters. The molecule has 1 heterocycles. The van der Waals surface area contributed by atoms with Crippen LogP contribution in [0.1, 0.15) is 5.69 Å². The Balaban J connectivity index is 3.11. The second kappa shape index (κ2) is 3.55. The topological polar surface area (TPSA) is 50.5 Å². The molecule has 0 spiro atoms. The average molecular weight is 148 g/mol. The van der Waals surface area contributed by atoms with E-state index in [9.17, 15) is 0 Å². The molecular weight excluding hydrogens is 140 g/mol. The van der Waals surface area contributed by atoms with E-state index in [0.717, 1.165) is 0 Å². The summed E-state index contributed by atoms with van der Waals surface area (Å²) in [5, 5.41) is 0. The molecule has 0 aromatic carbocycles. The van der Waals surface area contributed by atoms with Crippen LogP contribution in [0.15, 0.2) is 22.4 Å². The summed E-state index contributed by atoms with van der Waals surface area (Å²) in [5.74, 6) is 0.512. The van der Waals surface area contributed by atoms with Crippen LogP contribution in [0.4, 0.5) is 5.82 Å². The molecule has 0 amide bonds. The second-order valence-electron chi connectivity index (χ2n) is 1.81. The standard InChI is InChI=1S/C7H8N4/c1-8-5-6-7(9-2)11-4-3-10-6/h3-5H,2H2,1H3. The Labute approximate surface area is 64.8 Å². The van der Waals surface area contributed by atoms with E-state index in [1.807, 2.05) is 0 Å². The lowest BCUT2D eigenvalue weighted by atomic mass is 10.4. The van der Waals surface area contributed by atoms with E-state index in [1.165, 1.54) is 0 Å². The van der Waals surface area contributed by atoms with Gasteiger partial charge in [0.1, 0.15) is 5.69 Å². The zero-order chi connectivity index (χ0) is 8.10. The van der Waals surface area contributed by atoms with Crippen LogP contribution in [-0.2, 0) is 0 Å². The van der Waals surface area contributed by atoms with Gasteiger partial charge in [-0.2, -0.15) is 0 Å². The van der Waals surface area contributed by atoms with Crippen LogP contribution >= 0.6 is 0 Å². The van der Waals surface area contributed by atoms with Crippen molar-refractivity contribution in [3.8, 4) is 0 Å². The number of aromatic nitrogens is 2. The van der Waals surface area contributed by atoms with Crippen LogP contribution < -0.4 is 0 Å². The molecule has 4 nitrogen and oxygen atoms in total. The van der Waals surface area contributed by atoms with Crippen molar-refractivity contribution in [2.75, 3.05) is 7.05 Å². The van der Waals surface area contributed by atoms with Crippen molar-refractivity contribution >= 4 is 18.7 Å². The van der Waals surface area contributed by atoms with E-state index in [-0.39, 0.29) is 0 Å². The van der Waals surface area contributed by atoms with Gasteiger partial charge in [0.25, 0.3) is 0 Å². The first kappa shape index (κ1) is 7.53. The fraction of sp³-hybridized carbons (Fsp3) is 0.143. The third kappa shape index (κ3) is 1.67. The lowest BCUT2D eigenvalue weighted by Gasteiger charge is -1.93. The van der Waals surface area contributed by atoms with Crippen molar-refractivity contribution in [3.63, 3.8) is 0 Å². The maximum absolute atomic E-state index is 3.99. The maximum atomic E-state index is 3.99. The highest BCUT2D eigenvalue weighted by Gasteiger charge is 1.96. The molecule has 0 aliphatic rings. The van der Waals surface area contributed by atoms with Gasteiger partial charge in [-0.25, -0.2) is 15.0 Å². The van der Waals surface area contributed by atoms with Gasteiger partial charge in [0.15, 0.2) is 5.82 Å². The Kier molecular flexibility index (Phi) is 2.43. The summed E-state index contributed by atoms with van der Waals surface area (Å²) in [6.07, 6.45) is 4.75. The fourth-order valence-corrected chi connectivity index (χ4v) is 0.677. The Morgan fingerprint density at radius 3 is 2.82 bits per heavy atom. The molecule has 1 aromatic heterocycles. The number of rotatable bonds is 2. The first-order valence-corrected chi connectivity index (χ1v) is 3.08. The molecule has 0 saturated heterocycles. The minimum atomic E-state index is 0.512. The Morgan fingerprint density at radius 1 is 1.45 bits per heavy atom. The first-order valence-electron chi connectivity index (χ1n) is 3.08. The van der Waals surface area contributed by atoms with Crippen molar-refractivity contribution in [2.24, 2.45) is 9.98 Å². The Hall–Kier alpha value is -1.58. The number of aliphatic imine (C=N–C) groups is 2. The van der Waals surface area contributed by atoms with Gasteiger partial charge in [0.2, 0.25) is 0 Å². The largest absolute Gasteiger partial charge is 0.294 e. The fourth-order valence-electron chi connectivity index (χ4n) is 0.677. The highest BCUT2D eigenvalue weighted by molar-refractivity contribution is 5.82. The van der Waals surface area contributed by atoms with Crippen molar-refractivity contribution in [3.05, 3.63) is 18.1 Å². The second-order valence-corrected chi connectivity index (χ2v) is 1.81. The van der Waals surface area contributed by atoms with Gasteiger partial charge in [-0.15, -0.1) is 0 Å². The smallest absolute Gasteiger partial charge is 0.179 e. The predicted molar refractivity (Wildman–Crippen MR) is 44.8 cm³/mol. The van der Waals surface area contributed by atoms with Crippen LogP contribution in [0.5, 0.6) is 0 Å². The SMILES string of the molecule is C=Nc1nccnc1C=NC. The monoisotopic (exact) mass is 148 g/mol. The third-order valence-electron chi connectivity index (χ3n) is 1.11. The molecule has 0 fully saturated rings. The van der Waals surface area contributed by atoms with E-state index in [1.54, 1.807) is 25.7 Å². The third-order valence-corrected chi connectivity index (χ3v) is 1.11. The number of nitrogens with zero attached hydrogens (tertiary/aromatic N) is 4. The molecule has 11 heavy (non-hydrogen) atoms. The van der Waals surface area contributed by atoms with E-state index in [4.69, 9.17) is 0 Å². The quantitative estimate of drug-likeness (QED) is 0.584. The molecule has 56 valence electrons. The molecular formula is C7H8N4. The van der Waals surface area contributed by atoms with E-state index >= 15 is 0 Å². The zero-order valence-corrected chi connectivity index (χ0v) is 6.23. The maximum Gasteiger partial charge on any atom is 0.179 e. The molecule has 4 heteroatoms. The summed E-state index contributed by atoms with van der Waals surface area (Å²) < 4.78 is 0. The zero-order valence-electron chi connectivity index (χ0n) is 6.23. The van der Waals surface area contributed by atoms with Crippen LogP contribution in [0.3, 0.4) is 0 Å². The molecule has 0 aliphatic carbocycles. The van der Waals surface area contributed by atoms with Gasteiger partial charge in [-0.05, 0) is 6.72 Å². The minimum absolute atomic E-state index is 0.512. The van der Waals surface area contributed by atoms with Gasteiger partial charge < -0.3 is 0 Å². The van der Waals surface area contributed by atoms with Gasteiger partial charge >= 0.3 is 0 Å². The van der Waals surface area contributed by atoms with Crippen molar-refractivity contribution in [2.45, 2.75) is 0 Å². The Morgan fingerprint density at radius 2 is 2.18 bits per heavy atom. The molecule has 0 aliphatic heterocycles. The summed E-state index contributed by atoms with van der Waals surface area (Å²) in [6, 6.07) is 0. The van der Waals surface area contributed by atoms with Gasteiger partial charge in [-0.1, -0.05) is 0 Å². The van der Waals surface area contributed by atoms with Gasteiger partial charge in [0, 0.05) is 19.4 Å². The summed E-state index contributed by atoms with van der Waals surface area (Å²) in [6.45, 7) is 3.36. The van der Waals surface area contributed by atoms with Crippen molar-refractivity contribution in [1.82, 2.24) is 9.97 Å². The molecule has 0 unspecified atom stereocenters. The Bertz CT molecular complexity index is 280. The normalized spacial score (nSPS) is 10.3. The molecule has 0 N–H and O–H groups in total. The van der Waals surface area contributed by atoms with Gasteiger partial charge in [0.05, 0.1) is 6.21 Å². The highest BCUT2D eigenvalue weighted by Crippen LogP contribution is 2.07. The van der Waals surface area contributed by atoms with Crippen LogP contribution in [0.25, 0.3) is 0 Å². The van der Waals surface area contributed by atoms with Crippen LogP contribution in [0, 0.1) is 0 Å². The van der Waals surface area contributed by atoms with E-state index in [2.05, 4.69) is 26.7 Å². The van der Waals surface area contributed by atoms with Crippen molar-refractivity contribution in [1.29, 1.82) is 0 Å². The molecule has 0 saturated carbocycles. The summed E-state index contributed by atoms with van der Waals surface area (Å²) in [7, 11) is 1.67. The first-order chi connectivity index (χ1) is 5.38.